The third kappa shape index (κ3) is 2.67. The van der Waals surface area contributed by atoms with Crippen molar-refractivity contribution in [3.8, 4) is 5.75 Å². The summed E-state index contributed by atoms with van der Waals surface area (Å²) in [7, 11) is 1.73. The molecule has 3 nitrogen and oxygen atoms in total. The van der Waals surface area contributed by atoms with Gasteiger partial charge in [0.05, 0.1) is 7.11 Å². The molecule has 2 aliphatic heterocycles. The number of aromatic nitrogens is 1. The molecule has 3 heteroatoms. The summed E-state index contributed by atoms with van der Waals surface area (Å²) < 4.78 is 5.38. The maximum atomic E-state index is 5.38. The molecular weight excluding hydrogens is 284 g/mol. The van der Waals surface area contributed by atoms with Crippen molar-refractivity contribution in [1.29, 1.82) is 0 Å². The lowest BCUT2D eigenvalue weighted by atomic mass is 9.76. The van der Waals surface area contributed by atoms with Gasteiger partial charge in [0.25, 0.3) is 0 Å². The first kappa shape index (κ1) is 14.8. The monoisotopic (exact) mass is 310 g/mol. The Morgan fingerprint density at radius 2 is 2.22 bits per heavy atom. The quantitative estimate of drug-likeness (QED) is 0.845. The molecule has 2 bridgehead atoms. The van der Waals surface area contributed by atoms with E-state index in [-0.39, 0.29) is 0 Å². The van der Waals surface area contributed by atoms with Gasteiger partial charge in [-0.3, -0.25) is 4.90 Å². The van der Waals surface area contributed by atoms with Gasteiger partial charge in [-0.1, -0.05) is 25.5 Å². The normalized spacial score (nSPS) is 27.0. The van der Waals surface area contributed by atoms with E-state index in [1.807, 2.05) is 6.07 Å². The lowest BCUT2D eigenvalue weighted by Gasteiger charge is -2.46. The van der Waals surface area contributed by atoms with E-state index in [0.29, 0.717) is 6.04 Å². The molecule has 0 saturated carbocycles. The maximum Gasteiger partial charge on any atom is 0.119 e. The Balaban J connectivity index is 1.50. The summed E-state index contributed by atoms with van der Waals surface area (Å²) in [4.78, 5) is 6.09. The second kappa shape index (κ2) is 6.04. The SMILES string of the molecule is CCC1CC2C=CC1N(CCc1c[nH]c3ccc(OC)cc13)C2. The smallest absolute Gasteiger partial charge is 0.119 e. The molecule has 3 atom stereocenters. The Hall–Kier alpha value is -1.74. The molecule has 2 aromatic rings. The number of hydrogen-bond acceptors (Lipinski definition) is 2. The van der Waals surface area contributed by atoms with E-state index in [2.05, 4.69) is 47.3 Å². The Morgan fingerprint density at radius 1 is 1.30 bits per heavy atom. The number of nitrogens with one attached hydrogen (secondary N) is 1. The molecule has 1 aliphatic carbocycles. The van der Waals surface area contributed by atoms with Crippen molar-refractivity contribution < 1.29 is 4.74 Å². The molecule has 0 radical (unpaired) electrons. The van der Waals surface area contributed by atoms with E-state index in [4.69, 9.17) is 4.74 Å². The first-order valence-corrected chi connectivity index (χ1v) is 8.85. The summed E-state index contributed by atoms with van der Waals surface area (Å²) in [5, 5.41) is 1.30. The molecular formula is C20H26N2O. The molecule has 0 spiro atoms. The minimum atomic E-state index is 0.657. The van der Waals surface area contributed by atoms with Crippen LogP contribution in [0.3, 0.4) is 0 Å². The van der Waals surface area contributed by atoms with E-state index in [9.17, 15) is 0 Å². The van der Waals surface area contributed by atoms with Crippen molar-refractivity contribution >= 4 is 10.9 Å². The highest BCUT2D eigenvalue weighted by molar-refractivity contribution is 5.84. The van der Waals surface area contributed by atoms with Crippen LogP contribution in [0.4, 0.5) is 0 Å². The van der Waals surface area contributed by atoms with E-state index in [1.165, 1.54) is 35.9 Å². The van der Waals surface area contributed by atoms with E-state index < -0.39 is 0 Å². The van der Waals surface area contributed by atoms with Gasteiger partial charge in [0.2, 0.25) is 0 Å². The second-order valence-corrected chi connectivity index (χ2v) is 7.01. The average Bonchev–Trinajstić information content (AvgIpc) is 3.02. The van der Waals surface area contributed by atoms with Crippen molar-refractivity contribution in [2.45, 2.75) is 32.2 Å². The summed E-state index contributed by atoms with van der Waals surface area (Å²) in [6, 6.07) is 6.93. The van der Waals surface area contributed by atoms with Gasteiger partial charge in [0.15, 0.2) is 0 Å². The third-order valence-electron chi connectivity index (χ3n) is 5.73. The van der Waals surface area contributed by atoms with E-state index in [0.717, 1.165) is 30.6 Å². The summed E-state index contributed by atoms with van der Waals surface area (Å²) in [6.07, 6.45) is 10.9. The molecule has 3 unspecified atom stereocenters. The fourth-order valence-corrected chi connectivity index (χ4v) is 4.42. The fourth-order valence-electron chi connectivity index (χ4n) is 4.42. The summed E-state index contributed by atoms with van der Waals surface area (Å²) in [5.41, 5.74) is 2.60. The highest BCUT2D eigenvalue weighted by Crippen LogP contribution is 2.36. The van der Waals surface area contributed by atoms with Gasteiger partial charge < -0.3 is 9.72 Å². The summed E-state index contributed by atoms with van der Waals surface area (Å²) >= 11 is 0. The molecule has 1 N–H and O–H groups in total. The predicted molar refractivity (Wildman–Crippen MR) is 94.9 cm³/mol. The van der Waals surface area contributed by atoms with Crippen molar-refractivity contribution in [2.75, 3.05) is 20.2 Å². The number of ether oxygens (including phenoxy) is 1. The van der Waals surface area contributed by atoms with Crippen molar-refractivity contribution in [3.05, 3.63) is 42.1 Å². The van der Waals surface area contributed by atoms with Crippen LogP contribution in [-0.2, 0) is 6.42 Å². The topological polar surface area (TPSA) is 28.3 Å². The summed E-state index contributed by atoms with van der Waals surface area (Å²) in [6.45, 7) is 4.72. The first-order chi connectivity index (χ1) is 11.3. The van der Waals surface area contributed by atoms with Crippen LogP contribution in [0.1, 0.15) is 25.3 Å². The number of H-pyrrole nitrogens is 1. The van der Waals surface area contributed by atoms with Gasteiger partial charge in [0, 0.05) is 36.2 Å². The van der Waals surface area contributed by atoms with E-state index >= 15 is 0 Å². The van der Waals surface area contributed by atoms with Gasteiger partial charge in [-0.25, -0.2) is 0 Å². The van der Waals surface area contributed by atoms with Crippen LogP contribution in [0.25, 0.3) is 10.9 Å². The number of hydrogen-bond donors (Lipinski definition) is 1. The molecule has 1 fully saturated rings. The first-order valence-electron chi connectivity index (χ1n) is 8.85. The van der Waals surface area contributed by atoms with Crippen LogP contribution in [0.15, 0.2) is 36.5 Å². The number of benzene rings is 1. The molecule has 1 aromatic carbocycles. The Labute approximate surface area is 138 Å². The number of aromatic amines is 1. The standard InChI is InChI=1S/C20H26N2O/c1-3-15-10-14-4-7-20(15)22(13-14)9-8-16-12-21-19-6-5-17(23-2)11-18(16)19/h4-7,11-12,14-15,20-21H,3,8-10,13H2,1-2H3. The molecule has 3 aliphatic rings. The van der Waals surface area contributed by atoms with Crippen molar-refractivity contribution in [3.63, 3.8) is 0 Å². The number of nitrogens with zero attached hydrogens (tertiary/aromatic N) is 1. The van der Waals surface area contributed by atoms with Crippen LogP contribution < -0.4 is 4.74 Å². The minimum Gasteiger partial charge on any atom is -0.497 e. The van der Waals surface area contributed by atoms with Crippen LogP contribution in [-0.4, -0.2) is 36.1 Å². The van der Waals surface area contributed by atoms with Gasteiger partial charge in [-0.2, -0.15) is 0 Å². The lowest BCUT2D eigenvalue weighted by molar-refractivity contribution is 0.0826. The number of fused-ring (bicyclic) bond motifs is 3. The highest BCUT2D eigenvalue weighted by atomic mass is 16.5. The van der Waals surface area contributed by atoms with Crippen LogP contribution in [0.5, 0.6) is 5.75 Å². The van der Waals surface area contributed by atoms with Crippen molar-refractivity contribution in [1.82, 2.24) is 9.88 Å². The fraction of sp³-hybridized carbons (Fsp3) is 0.500. The number of methoxy groups -OCH3 is 1. The van der Waals surface area contributed by atoms with E-state index in [1.54, 1.807) is 7.11 Å². The Morgan fingerprint density at radius 3 is 3.00 bits per heavy atom. The Kier molecular flexibility index (Phi) is 3.90. The zero-order valence-electron chi connectivity index (χ0n) is 14.1. The van der Waals surface area contributed by atoms with Gasteiger partial charge >= 0.3 is 0 Å². The molecule has 0 amide bonds. The second-order valence-electron chi connectivity index (χ2n) is 7.01. The molecule has 1 aromatic heterocycles. The van der Waals surface area contributed by atoms with Gasteiger partial charge in [-0.15, -0.1) is 0 Å². The lowest BCUT2D eigenvalue weighted by Crippen LogP contribution is -2.50. The molecule has 23 heavy (non-hydrogen) atoms. The number of piperidine rings is 1. The number of rotatable bonds is 5. The van der Waals surface area contributed by atoms with Gasteiger partial charge in [-0.05, 0) is 48.4 Å². The van der Waals surface area contributed by atoms with Crippen LogP contribution in [0, 0.1) is 11.8 Å². The zero-order valence-corrected chi connectivity index (χ0v) is 14.1. The van der Waals surface area contributed by atoms with Crippen LogP contribution >= 0.6 is 0 Å². The average molecular weight is 310 g/mol. The predicted octanol–water partition coefficient (Wildman–Crippen LogP) is 4.01. The zero-order chi connectivity index (χ0) is 15.8. The molecule has 5 rings (SSSR count). The van der Waals surface area contributed by atoms with Gasteiger partial charge in [0.1, 0.15) is 5.75 Å². The minimum absolute atomic E-state index is 0.657. The molecule has 3 heterocycles. The largest absolute Gasteiger partial charge is 0.497 e. The maximum absolute atomic E-state index is 5.38. The highest BCUT2D eigenvalue weighted by Gasteiger charge is 2.35. The Bertz CT molecular complexity index is 718. The molecule has 1 saturated heterocycles. The summed E-state index contributed by atoms with van der Waals surface area (Å²) in [5.74, 6) is 2.55. The third-order valence-corrected chi connectivity index (χ3v) is 5.73. The molecule has 122 valence electrons. The van der Waals surface area contributed by atoms with Crippen molar-refractivity contribution in [2.24, 2.45) is 11.8 Å². The van der Waals surface area contributed by atoms with Crippen LogP contribution in [0.2, 0.25) is 0 Å².